The number of benzene rings is 1. The first-order valence-electron chi connectivity index (χ1n) is 6.22. The van der Waals surface area contributed by atoms with Crippen molar-refractivity contribution >= 4 is 15.7 Å². The summed E-state index contributed by atoms with van der Waals surface area (Å²) in [5.41, 5.74) is 6.63. The molecule has 0 aliphatic carbocycles. The second-order valence-corrected chi connectivity index (χ2v) is 7.32. The van der Waals surface area contributed by atoms with Gasteiger partial charge in [-0.15, -0.1) is 0 Å². The summed E-state index contributed by atoms with van der Waals surface area (Å²) in [6.07, 6.45) is 0. The largest absolute Gasteiger partial charge is 0.398 e. The third-order valence-electron chi connectivity index (χ3n) is 3.41. The fourth-order valence-electron chi connectivity index (χ4n) is 2.20. The molecule has 19 heavy (non-hydrogen) atoms. The van der Waals surface area contributed by atoms with Crippen LogP contribution in [0.2, 0.25) is 0 Å². The summed E-state index contributed by atoms with van der Waals surface area (Å²) in [6, 6.07) is 4.86. The quantitative estimate of drug-likeness (QED) is 0.833. The minimum Gasteiger partial charge on any atom is -0.398 e. The van der Waals surface area contributed by atoms with E-state index < -0.39 is 15.6 Å². The number of nitrogens with two attached hydrogens (primary N) is 1. The molecule has 2 rings (SSSR count). The highest BCUT2D eigenvalue weighted by molar-refractivity contribution is 7.89. The molecular weight excluding hydrogens is 264 g/mol. The molecule has 106 valence electrons. The molecular formula is C13H20N2O3S. The van der Waals surface area contributed by atoms with Gasteiger partial charge in [0.05, 0.1) is 23.6 Å². The summed E-state index contributed by atoms with van der Waals surface area (Å²) in [5, 5.41) is 0. The third kappa shape index (κ3) is 2.61. The van der Waals surface area contributed by atoms with Crippen molar-refractivity contribution in [2.24, 2.45) is 0 Å². The second kappa shape index (κ2) is 4.77. The van der Waals surface area contributed by atoms with E-state index in [9.17, 15) is 8.42 Å². The zero-order valence-electron chi connectivity index (χ0n) is 11.5. The number of anilines is 1. The second-order valence-electron chi connectivity index (χ2n) is 5.46. The fraction of sp³-hybridized carbons (Fsp3) is 0.538. The molecule has 1 heterocycles. The number of aryl methyl sites for hydroxylation is 1. The van der Waals surface area contributed by atoms with Gasteiger partial charge in [0, 0.05) is 12.2 Å². The zero-order valence-corrected chi connectivity index (χ0v) is 12.3. The van der Waals surface area contributed by atoms with Gasteiger partial charge >= 0.3 is 0 Å². The monoisotopic (exact) mass is 284 g/mol. The van der Waals surface area contributed by atoms with Gasteiger partial charge in [0.25, 0.3) is 0 Å². The van der Waals surface area contributed by atoms with Crippen molar-refractivity contribution in [2.75, 3.05) is 25.5 Å². The number of morpholine rings is 1. The highest BCUT2D eigenvalue weighted by Gasteiger charge is 2.39. The standard InChI is InChI=1S/C13H20N2O3S/c1-10-4-5-11(8-12(10)14)19(16,17)15-6-7-18-9-13(15,2)3/h4-5,8H,6-7,9,14H2,1-3H3. The number of nitrogen functional groups attached to an aromatic ring is 1. The number of hydrogen-bond acceptors (Lipinski definition) is 4. The Morgan fingerprint density at radius 1 is 1.37 bits per heavy atom. The first kappa shape index (κ1) is 14.3. The number of nitrogens with zero attached hydrogens (tertiary/aromatic N) is 1. The van der Waals surface area contributed by atoms with Crippen molar-refractivity contribution in [3.63, 3.8) is 0 Å². The van der Waals surface area contributed by atoms with Crippen molar-refractivity contribution < 1.29 is 13.2 Å². The predicted octanol–water partition coefficient (Wildman–Crippen LogP) is 1.38. The Kier molecular flexibility index (Phi) is 3.59. The number of hydrogen-bond donors (Lipinski definition) is 1. The van der Waals surface area contributed by atoms with E-state index >= 15 is 0 Å². The minimum absolute atomic E-state index is 0.241. The van der Waals surface area contributed by atoms with Crippen LogP contribution in [-0.4, -0.2) is 38.0 Å². The normalized spacial score (nSPS) is 20.4. The van der Waals surface area contributed by atoms with E-state index in [-0.39, 0.29) is 4.90 Å². The Morgan fingerprint density at radius 2 is 2.05 bits per heavy atom. The van der Waals surface area contributed by atoms with Gasteiger partial charge in [0.1, 0.15) is 0 Å². The third-order valence-corrected chi connectivity index (χ3v) is 5.51. The molecule has 5 nitrogen and oxygen atoms in total. The topological polar surface area (TPSA) is 72.6 Å². The fourth-order valence-corrected chi connectivity index (χ4v) is 3.98. The summed E-state index contributed by atoms with van der Waals surface area (Å²) in [4.78, 5) is 0.241. The van der Waals surface area contributed by atoms with E-state index in [0.29, 0.717) is 25.4 Å². The molecule has 1 aliphatic heterocycles. The molecule has 6 heteroatoms. The summed E-state index contributed by atoms with van der Waals surface area (Å²) in [5.74, 6) is 0. The lowest BCUT2D eigenvalue weighted by Crippen LogP contribution is -2.55. The smallest absolute Gasteiger partial charge is 0.243 e. The van der Waals surface area contributed by atoms with Crippen molar-refractivity contribution in [1.82, 2.24) is 4.31 Å². The minimum atomic E-state index is -3.54. The molecule has 0 amide bonds. The molecule has 1 aromatic rings. The van der Waals surface area contributed by atoms with Crippen LogP contribution in [0.4, 0.5) is 5.69 Å². The summed E-state index contributed by atoms with van der Waals surface area (Å²) in [7, 11) is -3.54. The molecule has 1 fully saturated rings. The highest BCUT2D eigenvalue weighted by atomic mass is 32.2. The molecule has 1 saturated heterocycles. The van der Waals surface area contributed by atoms with Crippen molar-refractivity contribution in [2.45, 2.75) is 31.2 Å². The number of rotatable bonds is 2. The maximum absolute atomic E-state index is 12.7. The van der Waals surface area contributed by atoms with E-state index in [1.807, 2.05) is 20.8 Å². The first-order chi connectivity index (χ1) is 8.75. The Labute approximate surface area is 114 Å². The lowest BCUT2D eigenvalue weighted by Gasteiger charge is -2.40. The van der Waals surface area contributed by atoms with Crippen LogP contribution in [0.15, 0.2) is 23.1 Å². The van der Waals surface area contributed by atoms with E-state index in [4.69, 9.17) is 10.5 Å². The van der Waals surface area contributed by atoms with E-state index in [2.05, 4.69) is 0 Å². The lowest BCUT2D eigenvalue weighted by atomic mass is 10.1. The Hall–Kier alpha value is -1.11. The summed E-state index contributed by atoms with van der Waals surface area (Å²) < 4.78 is 32.2. The van der Waals surface area contributed by atoms with Crippen LogP contribution < -0.4 is 5.73 Å². The van der Waals surface area contributed by atoms with Crippen LogP contribution in [0.3, 0.4) is 0 Å². The maximum atomic E-state index is 12.7. The van der Waals surface area contributed by atoms with Crippen LogP contribution in [0, 0.1) is 6.92 Å². The van der Waals surface area contributed by atoms with Gasteiger partial charge in [-0.05, 0) is 38.5 Å². The Balaban J connectivity index is 2.44. The van der Waals surface area contributed by atoms with Gasteiger partial charge in [0.15, 0.2) is 0 Å². The van der Waals surface area contributed by atoms with Crippen LogP contribution in [0.25, 0.3) is 0 Å². The average molecular weight is 284 g/mol. The molecule has 1 aromatic carbocycles. The van der Waals surface area contributed by atoms with Gasteiger partial charge in [-0.2, -0.15) is 4.31 Å². The van der Waals surface area contributed by atoms with E-state index in [1.165, 1.54) is 10.4 Å². The van der Waals surface area contributed by atoms with Gasteiger partial charge in [0.2, 0.25) is 10.0 Å². The van der Waals surface area contributed by atoms with E-state index in [1.54, 1.807) is 12.1 Å². The van der Waals surface area contributed by atoms with Gasteiger partial charge < -0.3 is 10.5 Å². The van der Waals surface area contributed by atoms with Crippen molar-refractivity contribution in [1.29, 1.82) is 0 Å². The summed E-state index contributed by atoms with van der Waals surface area (Å²) in [6.45, 7) is 6.76. The van der Waals surface area contributed by atoms with Gasteiger partial charge in [-0.1, -0.05) is 6.07 Å². The molecule has 0 bridgehead atoms. The maximum Gasteiger partial charge on any atom is 0.243 e. The van der Waals surface area contributed by atoms with Crippen LogP contribution in [0.1, 0.15) is 19.4 Å². The lowest BCUT2D eigenvalue weighted by molar-refractivity contribution is -0.00770. The highest BCUT2D eigenvalue weighted by Crippen LogP contribution is 2.28. The molecule has 0 radical (unpaired) electrons. The molecule has 0 unspecified atom stereocenters. The van der Waals surface area contributed by atoms with Gasteiger partial charge in [-0.25, -0.2) is 8.42 Å². The number of ether oxygens (including phenoxy) is 1. The number of sulfonamides is 1. The summed E-state index contributed by atoms with van der Waals surface area (Å²) >= 11 is 0. The average Bonchev–Trinajstić information content (AvgIpc) is 2.31. The predicted molar refractivity (Wildman–Crippen MR) is 74.4 cm³/mol. The molecule has 0 spiro atoms. The Bertz CT molecular complexity index is 582. The van der Waals surface area contributed by atoms with Crippen LogP contribution >= 0.6 is 0 Å². The molecule has 0 saturated carbocycles. The van der Waals surface area contributed by atoms with Crippen molar-refractivity contribution in [3.05, 3.63) is 23.8 Å². The molecule has 1 aliphatic rings. The van der Waals surface area contributed by atoms with Crippen LogP contribution in [0.5, 0.6) is 0 Å². The zero-order chi connectivity index (χ0) is 14.3. The van der Waals surface area contributed by atoms with E-state index in [0.717, 1.165) is 5.56 Å². The van der Waals surface area contributed by atoms with Crippen molar-refractivity contribution in [3.8, 4) is 0 Å². The molecule has 0 aromatic heterocycles. The molecule has 0 atom stereocenters. The first-order valence-corrected chi connectivity index (χ1v) is 7.66. The van der Waals surface area contributed by atoms with Crippen LogP contribution in [-0.2, 0) is 14.8 Å². The molecule has 2 N–H and O–H groups in total. The SMILES string of the molecule is Cc1ccc(S(=O)(=O)N2CCOCC2(C)C)cc1N. The Morgan fingerprint density at radius 3 is 2.63 bits per heavy atom. The van der Waals surface area contributed by atoms with Gasteiger partial charge in [-0.3, -0.25) is 0 Å².